The van der Waals surface area contributed by atoms with E-state index in [0.29, 0.717) is 12.5 Å². The molecule has 1 saturated carbocycles. The molecular weight excluding hydrogens is 250 g/mol. The normalized spacial score (nSPS) is 39.9. The van der Waals surface area contributed by atoms with E-state index in [4.69, 9.17) is 5.73 Å². The van der Waals surface area contributed by atoms with Crippen LogP contribution in [-0.2, 0) is 0 Å². The summed E-state index contributed by atoms with van der Waals surface area (Å²) in [5.74, 6) is 0.429. The van der Waals surface area contributed by atoms with Gasteiger partial charge in [0.25, 0.3) is 0 Å². The van der Waals surface area contributed by atoms with Gasteiger partial charge in [-0.05, 0) is 70.6 Å². The van der Waals surface area contributed by atoms with Gasteiger partial charge in [0.15, 0.2) is 0 Å². The van der Waals surface area contributed by atoms with Gasteiger partial charge in [-0.15, -0.1) is 0 Å². The molecule has 0 radical (unpaired) electrons. The molecule has 0 bridgehead atoms. The first-order chi connectivity index (χ1) is 9.71. The van der Waals surface area contributed by atoms with Crippen LogP contribution < -0.4 is 5.73 Å². The molecule has 0 amide bonds. The molecule has 3 aliphatic rings. The van der Waals surface area contributed by atoms with Gasteiger partial charge >= 0.3 is 0 Å². The van der Waals surface area contributed by atoms with E-state index in [0.717, 1.165) is 38.3 Å². The molecule has 4 heteroatoms. The van der Waals surface area contributed by atoms with Crippen molar-refractivity contribution in [3.8, 4) is 0 Å². The summed E-state index contributed by atoms with van der Waals surface area (Å²) in [4.78, 5) is 5.30. The zero-order valence-electron chi connectivity index (χ0n) is 12.8. The van der Waals surface area contributed by atoms with Crippen LogP contribution in [0.4, 0.5) is 0 Å². The van der Waals surface area contributed by atoms with Gasteiger partial charge in [0.05, 0.1) is 5.60 Å². The lowest BCUT2D eigenvalue weighted by molar-refractivity contribution is 0.00510. The summed E-state index contributed by atoms with van der Waals surface area (Å²) in [7, 11) is 0. The third-order valence-electron chi connectivity index (χ3n) is 5.97. The number of nitrogens with two attached hydrogens (primary N) is 1. The first-order valence-corrected chi connectivity index (χ1v) is 8.60. The fraction of sp³-hybridized carbons (Fsp3) is 1.00. The summed E-state index contributed by atoms with van der Waals surface area (Å²) in [6, 6.07) is 0.800. The van der Waals surface area contributed by atoms with Crippen LogP contribution in [0.15, 0.2) is 0 Å². The maximum Gasteiger partial charge on any atom is 0.0797 e. The van der Waals surface area contributed by atoms with Crippen molar-refractivity contribution >= 4 is 0 Å². The summed E-state index contributed by atoms with van der Waals surface area (Å²) in [5, 5.41) is 10.5. The molecule has 0 spiro atoms. The van der Waals surface area contributed by atoms with Crippen molar-refractivity contribution in [3.63, 3.8) is 0 Å². The SMILES string of the molecule is NCC1(O)CCCC1CCN1CCC(N2CCCC2)C1. The van der Waals surface area contributed by atoms with Gasteiger partial charge in [-0.3, -0.25) is 4.90 Å². The van der Waals surface area contributed by atoms with Crippen molar-refractivity contribution in [1.82, 2.24) is 9.80 Å². The molecule has 0 aromatic rings. The van der Waals surface area contributed by atoms with E-state index in [1.807, 2.05) is 0 Å². The minimum absolute atomic E-state index is 0.429. The largest absolute Gasteiger partial charge is 0.388 e. The van der Waals surface area contributed by atoms with Gasteiger partial charge in [-0.25, -0.2) is 0 Å². The van der Waals surface area contributed by atoms with Gasteiger partial charge in [0, 0.05) is 19.1 Å². The van der Waals surface area contributed by atoms with E-state index in [1.165, 1.54) is 45.4 Å². The molecule has 2 heterocycles. The number of nitrogens with zero attached hydrogens (tertiary/aromatic N) is 2. The number of hydrogen-bond acceptors (Lipinski definition) is 4. The summed E-state index contributed by atoms with van der Waals surface area (Å²) >= 11 is 0. The van der Waals surface area contributed by atoms with Crippen molar-refractivity contribution in [2.75, 3.05) is 39.3 Å². The molecule has 3 unspecified atom stereocenters. The quantitative estimate of drug-likeness (QED) is 0.790. The third-order valence-corrected chi connectivity index (χ3v) is 5.97. The number of likely N-dealkylation sites (tertiary alicyclic amines) is 2. The highest BCUT2D eigenvalue weighted by molar-refractivity contribution is 4.94. The Balaban J connectivity index is 1.43. The zero-order valence-corrected chi connectivity index (χ0v) is 12.8. The van der Waals surface area contributed by atoms with Crippen molar-refractivity contribution in [2.24, 2.45) is 11.7 Å². The summed E-state index contributed by atoms with van der Waals surface area (Å²) in [5.41, 5.74) is 5.22. The molecule has 116 valence electrons. The monoisotopic (exact) mass is 281 g/mol. The molecule has 3 fully saturated rings. The molecule has 3 N–H and O–H groups in total. The number of rotatable bonds is 5. The van der Waals surface area contributed by atoms with Crippen LogP contribution in [0.2, 0.25) is 0 Å². The van der Waals surface area contributed by atoms with Crippen LogP contribution in [0.1, 0.15) is 44.9 Å². The highest BCUT2D eigenvalue weighted by atomic mass is 16.3. The van der Waals surface area contributed by atoms with Crippen molar-refractivity contribution in [1.29, 1.82) is 0 Å². The fourth-order valence-corrected chi connectivity index (χ4v) is 4.57. The Morgan fingerprint density at radius 2 is 1.90 bits per heavy atom. The summed E-state index contributed by atoms with van der Waals surface area (Å²) in [6.07, 6.45) is 8.47. The topological polar surface area (TPSA) is 52.7 Å². The second-order valence-corrected chi connectivity index (χ2v) is 7.17. The Morgan fingerprint density at radius 3 is 2.65 bits per heavy atom. The lowest BCUT2D eigenvalue weighted by Gasteiger charge is -2.30. The van der Waals surface area contributed by atoms with E-state index in [9.17, 15) is 5.11 Å². The van der Waals surface area contributed by atoms with Crippen LogP contribution >= 0.6 is 0 Å². The third kappa shape index (κ3) is 3.03. The highest BCUT2D eigenvalue weighted by Gasteiger charge is 2.40. The van der Waals surface area contributed by atoms with Crippen LogP contribution in [0.3, 0.4) is 0 Å². The average molecular weight is 281 g/mol. The van der Waals surface area contributed by atoms with Crippen LogP contribution in [0.25, 0.3) is 0 Å². The zero-order chi connectivity index (χ0) is 14.0. The lowest BCUT2D eigenvalue weighted by atomic mass is 9.88. The Labute approximate surface area is 123 Å². The lowest BCUT2D eigenvalue weighted by Crippen LogP contribution is -2.42. The van der Waals surface area contributed by atoms with Gasteiger partial charge in [-0.2, -0.15) is 0 Å². The van der Waals surface area contributed by atoms with Gasteiger partial charge in [0.1, 0.15) is 0 Å². The molecule has 2 saturated heterocycles. The van der Waals surface area contributed by atoms with E-state index in [2.05, 4.69) is 9.80 Å². The van der Waals surface area contributed by atoms with Gasteiger partial charge < -0.3 is 15.7 Å². The van der Waals surface area contributed by atoms with Crippen LogP contribution in [0.5, 0.6) is 0 Å². The van der Waals surface area contributed by atoms with Crippen molar-refractivity contribution < 1.29 is 5.11 Å². The molecule has 20 heavy (non-hydrogen) atoms. The minimum atomic E-state index is -0.561. The highest BCUT2D eigenvalue weighted by Crippen LogP contribution is 2.37. The Morgan fingerprint density at radius 1 is 1.10 bits per heavy atom. The van der Waals surface area contributed by atoms with E-state index in [1.54, 1.807) is 0 Å². The molecule has 3 rings (SSSR count). The van der Waals surface area contributed by atoms with Gasteiger partial charge in [-0.1, -0.05) is 6.42 Å². The molecule has 2 aliphatic heterocycles. The molecule has 3 atom stereocenters. The fourth-order valence-electron chi connectivity index (χ4n) is 4.57. The van der Waals surface area contributed by atoms with Crippen molar-refractivity contribution in [3.05, 3.63) is 0 Å². The minimum Gasteiger partial charge on any atom is -0.388 e. The number of hydrogen-bond donors (Lipinski definition) is 2. The first kappa shape index (κ1) is 14.8. The standard InChI is InChI=1S/C16H31N3O/c17-13-16(20)7-3-4-14(16)5-10-18-11-6-15(12-18)19-8-1-2-9-19/h14-15,20H,1-13,17H2. The summed E-state index contributed by atoms with van der Waals surface area (Å²) in [6.45, 7) is 6.70. The Bertz CT molecular complexity index is 319. The smallest absolute Gasteiger partial charge is 0.0797 e. The molecular formula is C16H31N3O. The molecule has 1 aliphatic carbocycles. The average Bonchev–Trinajstić information content (AvgIpc) is 3.17. The molecule has 0 aromatic carbocycles. The maximum absolute atomic E-state index is 10.5. The summed E-state index contributed by atoms with van der Waals surface area (Å²) < 4.78 is 0. The van der Waals surface area contributed by atoms with E-state index in [-0.39, 0.29) is 0 Å². The van der Waals surface area contributed by atoms with Gasteiger partial charge in [0.2, 0.25) is 0 Å². The molecule has 0 aromatic heterocycles. The van der Waals surface area contributed by atoms with Crippen molar-refractivity contribution in [2.45, 2.75) is 56.6 Å². The second-order valence-electron chi connectivity index (χ2n) is 7.17. The second kappa shape index (κ2) is 6.30. The number of aliphatic hydroxyl groups is 1. The van der Waals surface area contributed by atoms with Crippen LogP contribution in [0, 0.1) is 5.92 Å². The Kier molecular flexibility index (Phi) is 4.65. The van der Waals surface area contributed by atoms with E-state index >= 15 is 0 Å². The maximum atomic E-state index is 10.5. The first-order valence-electron chi connectivity index (χ1n) is 8.60. The van der Waals surface area contributed by atoms with Crippen LogP contribution in [-0.4, -0.2) is 65.8 Å². The predicted molar refractivity (Wildman–Crippen MR) is 81.6 cm³/mol. The molecule has 4 nitrogen and oxygen atoms in total. The van der Waals surface area contributed by atoms with E-state index < -0.39 is 5.60 Å². The Hall–Kier alpha value is -0.160. The predicted octanol–water partition coefficient (Wildman–Crippen LogP) is 1.04.